The van der Waals surface area contributed by atoms with Crippen LogP contribution >= 0.6 is 0 Å². The fourth-order valence-corrected chi connectivity index (χ4v) is 1.18. The lowest BCUT2D eigenvalue weighted by atomic mass is 10.2. The second-order valence-electron chi connectivity index (χ2n) is 3.17. The van der Waals surface area contributed by atoms with E-state index in [0.717, 1.165) is 19.4 Å². The zero-order valence-electron chi connectivity index (χ0n) is 7.38. The summed E-state index contributed by atoms with van der Waals surface area (Å²) in [7, 11) is 0. The van der Waals surface area contributed by atoms with Gasteiger partial charge in [0.15, 0.2) is 0 Å². The summed E-state index contributed by atoms with van der Waals surface area (Å²) in [5, 5.41) is 2.74. The Hall–Kier alpha value is -0.610. The van der Waals surface area contributed by atoms with Crippen molar-refractivity contribution < 1.29 is 9.53 Å². The lowest BCUT2D eigenvalue weighted by Gasteiger charge is -2.11. The van der Waals surface area contributed by atoms with Gasteiger partial charge in [-0.3, -0.25) is 4.79 Å². The summed E-state index contributed by atoms with van der Waals surface area (Å²) < 4.78 is 5.33. The third kappa shape index (κ3) is 2.79. The third-order valence-electron chi connectivity index (χ3n) is 1.94. The number of rotatable bonds is 3. The highest BCUT2D eigenvalue weighted by molar-refractivity contribution is 5.80. The lowest BCUT2D eigenvalue weighted by Crippen LogP contribution is -2.41. The molecule has 0 aliphatic carbocycles. The Bertz CT molecular complexity index is 153. The van der Waals surface area contributed by atoms with Gasteiger partial charge in [-0.2, -0.15) is 0 Å². The molecule has 0 bridgehead atoms. The molecule has 0 radical (unpaired) electrons. The van der Waals surface area contributed by atoms with Crippen molar-refractivity contribution in [1.82, 2.24) is 5.32 Å². The number of hydrogen-bond donors (Lipinski definition) is 2. The summed E-state index contributed by atoms with van der Waals surface area (Å²) in [5.74, 6) is -0.106. The van der Waals surface area contributed by atoms with Crippen LogP contribution in [0.3, 0.4) is 0 Å². The Balaban J connectivity index is 2.12. The zero-order valence-corrected chi connectivity index (χ0v) is 7.38. The van der Waals surface area contributed by atoms with E-state index >= 15 is 0 Å². The molecule has 0 aromatic heterocycles. The van der Waals surface area contributed by atoms with E-state index in [1.807, 2.05) is 0 Å². The van der Waals surface area contributed by atoms with E-state index in [2.05, 4.69) is 5.32 Å². The molecule has 12 heavy (non-hydrogen) atoms. The summed E-state index contributed by atoms with van der Waals surface area (Å²) in [6, 6.07) is -0.425. The van der Waals surface area contributed by atoms with Gasteiger partial charge >= 0.3 is 0 Å². The number of hydrogen-bond acceptors (Lipinski definition) is 3. The van der Waals surface area contributed by atoms with Crippen molar-refractivity contribution in [2.24, 2.45) is 5.73 Å². The number of carbonyl (C=O) groups is 1. The van der Waals surface area contributed by atoms with E-state index in [1.165, 1.54) is 0 Å². The smallest absolute Gasteiger partial charge is 0.236 e. The molecule has 0 spiro atoms. The van der Waals surface area contributed by atoms with Crippen LogP contribution in [0, 0.1) is 0 Å². The summed E-state index contributed by atoms with van der Waals surface area (Å²) >= 11 is 0. The van der Waals surface area contributed by atoms with Gasteiger partial charge in [0.2, 0.25) is 5.91 Å². The molecular weight excluding hydrogens is 156 g/mol. The molecule has 1 fully saturated rings. The van der Waals surface area contributed by atoms with Crippen molar-refractivity contribution in [2.75, 3.05) is 13.2 Å². The predicted octanol–water partition coefficient (Wildman–Crippen LogP) is -0.371. The number of nitrogens with one attached hydrogen (secondary N) is 1. The van der Waals surface area contributed by atoms with Gasteiger partial charge in [-0.1, -0.05) is 0 Å². The van der Waals surface area contributed by atoms with Gasteiger partial charge in [0, 0.05) is 13.2 Å². The first-order chi connectivity index (χ1) is 5.70. The second-order valence-corrected chi connectivity index (χ2v) is 3.17. The summed E-state index contributed by atoms with van der Waals surface area (Å²) in [6.45, 7) is 3.09. The largest absolute Gasteiger partial charge is 0.376 e. The third-order valence-corrected chi connectivity index (χ3v) is 1.94. The maximum atomic E-state index is 11.0. The fourth-order valence-electron chi connectivity index (χ4n) is 1.18. The molecule has 0 saturated carbocycles. The van der Waals surface area contributed by atoms with Crippen molar-refractivity contribution in [3.63, 3.8) is 0 Å². The van der Waals surface area contributed by atoms with Crippen LogP contribution in [0.2, 0.25) is 0 Å². The van der Waals surface area contributed by atoms with Crippen LogP contribution < -0.4 is 11.1 Å². The molecule has 1 rings (SSSR count). The first kappa shape index (κ1) is 9.48. The van der Waals surface area contributed by atoms with Crippen LogP contribution in [0.5, 0.6) is 0 Å². The van der Waals surface area contributed by atoms with Crippen molar-refractivity contribution in [3.05, 3.63) is 0 Å². The number of ether oxygens (including phenoxy) is 1. The minimum atomic E-state index is -0.425. The summed E-state index contributed by atoms with van der Waals surface area (Å²) in [5.41, 5.74) is 5.37. The minimum Gasteiger partial charge on any atom is -0.376 e. The topological polar surface area (TPSA) is 64.4 Å². The highest BCUT2D eigenvalue weighted by Crippen LogP contribution is 2.10. The first-order valence-electron chi connectivity index (χ1n) is 4.35. The van der Waals surface area contributed by atoms with Crippen molar-refractivity contribution in [1.29, 1.82) is 0 Å². The Kier molecular flexibility index (Phi) is 3.49. The number of nitrogens with two attached hydrogens (primary N) is 1. The molecule has 0 aromatic carbocycles. The average molecular weight is 172 g/mol. The minimum absolute atomic E-state index is 0.106. The molecule has 4 heteroatoms. The van der Waals surface area contributed by atoms with Gasteiger partial charge in [-0.15, -0.1) is 0 Å². The first-order valence-corrected chi connectivity index (χ1v) is 4.35. The molecule has 70 valence electrons. The Morgan fingerprint density at radius 1 is 1.83 bits per heavy atom. The van der Waals surface area contributed by atoms with Crippen LogP contribution in [0.15, 0.2) is 0 Å². The van der Waals surface area contributed by atoms with Gasteiger partial charge in [-0.05, 0) is 19.8 Å². The van der Waals surface area contributed by atoms with E-state index < -0.39 is 6.04 Å². The Labute approximate surface area is 72.5 Å². The van der Waals surface area contributed by atoms with E-state index in [-0.39, 0.29) is 12.0 Å². The molecule has 2 unspecified atom stereocenters. The van der Waals surface area contributed by atoms with Gasteiger partial charge in [0.05, 0.1) is 12.1 Å². The van der Waals surface area contributed by atoms with Crippen LogP contribution in [0.1, 0.15) is 19.8 Å². The molecule has 2 atom stereocenters. The lowest BCUT2D eigenvalue weighted by molar-refractivity contribution is -0.122. The van der Waals surface area contributed by atoms with Crippen LogP contribution in [-0.2, 0) is 9.53 Å². The quantitative estimate of drug-likeness (QED) is 0.610. The van der Waals surface area contributed by atoms with E-state index in [4.69, 9.17) is 10.5 Å². The summed E-state index contributed by atoms with van der Waals surface area (Å²) in [6.07, 6.45) is 2.34. The standard InChI is InChI=1S/C8H16N2O2/c1-6(9)8(11)10-5-7-3-2-4-12-7/h6-7H,2-5,9H2,1H3,(H,10,11). The normalized spacial score (nSPS) is 25.3. The SMILES string of the molecule is CC(N)C(=O)NCC1CCCO1. The van der Waals surface area contributed by atoms with Crippen LogP contribution in [-0.4, -0.2) is 31.2 Å². The predicted molar refractivity (Wildman–Crippen MR) is 45.6 cm³/mol. The zero-order chi connectivity index (χ0) is 8.97. The molecule has 1 aliphatic rings. The van der Waals surface area contributed by atoms with Gasteiger partial charge in [0.1, 0.15) is 0 Å². The molecule has 4 nitrogen and oxygen atoms in total. The van der Waals surface area contributed by atoms with Gasteiger partial charge < -0.3 is 15.8 Å². The van der Waals surface area contributed by atoms with Crippen LogP contribution in [0.4, 0.5) is 0 Å². The average Bonchev–Trinajstić information content (AvgIpc) is 2.51. The number of carbonyl (C=O) groups excluding carboxylic acids is 1. The van der Waals surface area contributed by atoms with Crippen molar-refractivity contribution in [3.8, 4) is 0 Å². The maximum Gasteiger partial charge on any atom is 0.236 e. The molecule has 1 aliphatic heterocycles. The monoisotopic (exact) mass is 172 g/mol. The highest BCUT2D eigenvalue weighted by Gasteiger charge is 2.16. The maximum absolute atomic E-state index is 11.0. The van der Waals surface area contributed by atoms with E-state index in [1.54, 1.807) is 6.92 Å². The number of amides is 1. The molecule has 1 heterocycles. The Morgan fingerprint density at radius 2 is 2.58 bits per heavy atom. The van der Waals surface area contributed by atoms with Crippen molar-refractivity contribution >= 4 is 5.91 Å². The fraction of sp³-hybridized carbons (Fsp3) is 0.875. The molecule has 1 saturated heterocycles. The summed E-state index contributed by atoms with van der Waals surface area (Å²) in [4.78, 5) is 11.0. The second kappa shape index (κ2) is 4.42. The molecule has 3 N–H and O–H groups in total. The highest BCUT2D eigenvalue weighted by atomic mass is 16.5. The molecule has 0 aromatic rings. The van der Waals surface area contributed by atoms with E-state index in [9.17, 15) is 4.79 Å². The molecular formula is C8H16N2O2. The molecule has 1 amide bonds. The van der Waals surface area contributed by atoms with Gasteiger partial charge in [-0.25, -0.2) is 0 Å². The van der Waals surface area contributed by atoms with Crippen molar-refractivity contribution in [2.45, 2.75) is 31.9 Å². The van der Waals surface area contributed by atoms with E-state index in [0.29, 0.717) is 6.54 Å². The Morgan fingerprint density at radius 3 is 3.08 bits per heavy atom. The van der Waals surface area contributed by atoms with Gasteiger partial charge in [0.25, 0.3) is 0 Å². The van der Waals surface area contributed by atoms with Crippen LogP contribution in [0.25, 0.3) is 0 Å².